The minimum Gasteiger partial charge on any atom is -0.456 e. The Morgan fingerprint density at radius 1 is 1.07 bits per heavy atom. The molecule has 0 radical (unpaired) electrons. The zero-order valence-electron chi connectivity index (χ0n) is 15.8. The van der Waals surface area contributed by atoms with Crippen molar-refractivity contribution in [3.63, 3.8) is 0 Å². The van der Waals surface area contributed by atoms with Crippen LogP contribution in [0.3, 0.4) is 0 Å². The summed E-state index contributed by atoms with van der Waals surface area (Å²) in [4.78, 5) is 62.1. The van der Waals surface area contributed by atoms with Gasteiger partial charge in [0.2, 0.25) is 5.78 Å². The Morgan fingerprint density at radius 2 is 1.69 bits per heavy atom. The van der Waals surface area contributed by atoms with Gasteiger partial charge in [0.05, 0.1) is 0 Å². The lowest BCUT2D eigenvalue weighted by atomic mass is 10.1. The average Bonchev–Trinajstić information content (AvgIpc) is 2.94. The second-order valence-electron chi connectivity index (χ2n) is 6.43. The number of esters is 1. The third-order valence-corrected chi connectivity index (χ3v) is 4.68. The molecule has 1 aliphatic heterocycles. The zero-order valence-corrected chi connectivity index (χ0v) is 15.8. The summed E-state index contributed by atoms with van der Waals surface area (Å²) in [6.07, 6.45) is 0. The first-order valence-electron chi connectivity index (χ1n) is 8.49. The van der Waals surface area contributed by atoms with Gasteiger partial charge < -0.3 is 10.5 Å². The Labute approximate surface area is 164 Å². The fourth-order valence-electron chi connectivity index (χ4n) is 3.02. The Balaban J connectivity index is 1.71. The molecule has 0 saturated heterocycles. The van der Waals surface area contributed by atoms with Crippen LogP contribution in [0.4, 0.5) is 5.82 Å². The molecule has 0 atom stereocenters. The van der Waals surface area contributed by atoms with Crippen molar-refractivity contribution in [3.8, 4) is 0 Å². The number of fused-ring (bicyclic) bond motifs is 1. The van der Waals surface area contributed by atoms with E-state index in [-0.39, 0.29) is 5.82 Å². The number of ether oxygens (including phenoxy) is 1. The molecule has 29 heavy (non-hydrogen) atoms. The maximum Gasteiger partial charge on any atom is 0.332 e. The third kappa shape index (κ3) is 3.24. The number of anilines is 1. The van der Waals surface area contributed by atoms with E-state index in [2.05, 4.69) is 6.58 Å². The summed E-state index contributed by atoms with van der Waals surface area (Å²) in [5.41, 5.74) is 5.07. The van der Waals surface area contributed by atoms with Crippen LogP contribution in [-0.4, -0.2) is 44.8 Å². The first-order chi connectivity index (χ1) is 13.6. The van der Waals surface area contributed by atoms with Crippen molar-refractivity contribution >= 4 is 29.2 Å². The Bertz CT molecular complexity index is 1160. The predicted molar refractivity (Wildman–Crippen MR) is 103 cm³/mol. The van der Waals surface area contributed by atoms with Gasteiger partial charge in [-0.3, -0.25) is 33.2 Å². The lowest BCUT2D eigenvalue weighted by molar-refractivity contribution is -0.142. The van der Waals surface area contributed by atoms with Crippen LogP contribution in [0.1, 0.15) is 26.3 Å². The van der Waals surface area contributed by atoms with Crippen molar-refractivity contribution in [1.82, 2.24) is 14.0 Å². The number of carbonyl (C=O) groups is 3. The number of nitrogen functional groups attached to an aromatic ring is 1. The number of Topliss-reactive ketones (excluding diaryl/α,β-unsaturated/α-hetero) is 1. The Hall–Kier alpha value is -3.95. The predicted octanol–water partition coefficient (Wildman–Crippen LogP) is -0.481. The van der Waals surface area contributed by atoms with Crippen molar-refractivity contribution < 1.29 is 19.1 Å². The van der Waals surface area contributed by atoms with E-state index in [0.29, 0.717) is 16.8 Å². The maximum absolute atomic E-state index is 12.4. The van der Waals surface area contributed by atoms with Crippen LogP contribution in [0.15, 0.2) is 40.4 Å². The van der Waals surface area contributed by atoms with E-state index in [0.717, 1.165) is 14.0 Å². The molecule has 0 bridgehead atoms. The molecule has 10 nitrogen and oxygen atoms in total. The number of ketones is 1. The molecule has 1 aromatic heterocycles. The van der Waals surface area contributed by atoms with Gasteiger partial charge in [0.1, 0.15) is 17.9 Å². The molecule has 2 N–H and O–H groups in total. The molecule has 1 amide bonds. The average molecular weight is 398 g/mol. The molecule has 0 aliphatic carbocycles. The number of rotatable bonds is 5. The zero-order chi connectivity index (χ0) is 21.5. The SMILES string of the molecule is C=C1c2ccccc2C(=O)N1CC(=O)OCC(=O)c1c(N)n(C)c(=O)n(C)c1=O. The van der Waals surface area contributed by atoms with Crippen LogP contribution in [0.2, 0.25) is 0 Å². The van der Waals surface area contributed by atoms with Crippen molar-refractivity contribution in [2.45, 2.75) is 0 Å². The van der Waals surface area contributed by atoms with Crippen molar-refractivity contribution in [1.29, 1.82) is 0 Å². The quantitative estimate of drug-likeness (QED) is 0.531. The van der Waals surface area contributed by atoms with E-state index in [9.17, 15) is 24.0 Å². The van der Waals surface area contributed by atoms with Gasteiger partial charge in [0, 0.05) is 30.9 Å². The fourth-order valence-corrected chi connectivity index (χ4v) is 3.02. The first-order valence-corrected chi connectivity index (χ1v) is 8.49. The van der Waals surface area contributed by atoms with E-state index in [1.807, 2.05) is 0 Å². The van der Waals surface area contributed by atoms with Crippen LogP contribution in [0.5, 0.6) is 0 Å². The van der Waals surface area contributed by atoms with Crippen molar-refractivity contribution in [2.24, 2.45) is 14.1 Å². The largest absolute Gasteiger partial charge is 0.456 e. The molecule has 10 heteroatoms. The molecule has 0 unspecified atom stereocenters. The summed E-state index contributed by atoms with van der Waals surface area (Å²) in [5.74, 6) is -2.44. The summed E-state index contributed by atoms with van der Waals surface area (Å²) in [7, 11) is 2.51. The molecule has 0 fully saturated rings. The van der Waals surface area contributed by atoms with Crippen LogP contribution >= 0.6 is 0 Å². The normalized spacial score (nSPS) is 12.8. The number of nitrogens with two attached hydrogens (primary N) is 1. The van der Waals surface area contributed by atoms with Gasteiger partial charge >= 0.3 is 11.7 Å². The number of benzene rings is 1. The number of amides is 1. The first kappa shape index (κ1) is 19.8. The molecular weight excluding hydrogens is 380 g/mol. The molecular formula is C19H18N4O6. The van der Waals surface area contributed by atoms with Gasteiger partial charge in [0.15, 0.2) is 6.61 Å². The molecule has 0 spiro atoms. The second-order valence-corrected chi connectivity index (χ2v) is 6.43. The highest BCUT2D eigenvalue weighted by atomic mass is 16.5. The van der Waals surface area contributed by atoms with Gasteiger partial charge in [0.25, 0.3) is 11.5 Å². The summed E-state index contributed by atoms with van der Waals surface area (Å²) in [6.45, 7) is 2.60. The maximum atomic E-state index is 12.4. The molecule has 3 rings (SSSR count). The Kier molecular flexibility index (Phi) is 4.93. The minimum absolute atomic E-state index is 0.322. The highest BCUT2D eigenvalue weighted by molar-refractivity contribution is 6.10. The van der Waals surface area contributed by atoms with E-state index in [1.54, 1.807) is 24.3 Å². The molecule has 1 aromatic carbocycles. The monoisotopic (exact) mass is 398 g/mol. The van der Waals surface area contributed by atoms with Gasteiger partial charge in [-0.15, -0.1) is 0 Å². The summed E-state index contributed by atoms with van der Waals surface area (Å²) in [5, 5.41) is 0. The second kappa shape index (κ2) is 7.23. The smallest absolute Gasteiger partial charge is 0.332 e. The Morgan fingerprint density at radius 3 is 2.31 bits per heavy atom. The number of carbonyl (C=O) groups excluding carboxylic acids is 3. The molecule has 150 valence electrons. The number of hydrogen-bond acceptors (Lipinski definition) is 7. The van der Waals surface area contributed by atoms with Gasteiger partial charge in [-0.25, -0.2) is 4.79 Å². The van der Waals surface area contributed by atoms with Gasteiger partial charge in [-0.2, -0.15) is 0 Å². The van der Waals surface area contributed by atoms with Crippen molar-refractivity contribution in [2.75, 3.05) is 18.9 Å². The number of hydrogen-bond donors (Lipinski definition) is 1. The lowest BCUT2D eigenvalue weighted by Gasteiger charge is -2.16. The number of nitrogens with zero attached hydrogens (tertiary/aromatic N) is 3. The molecule has 2 heterocycles. The van der Waals surface area contributed by atoms with E-state index >= 15 is 0 Å². The van der Waals surface area contributed by atoms with Crippen LogP contribution < -0.4 is 17.0 Å². The van der Waals surface area contributed by atoms with E-state index in [4.69, 9.17) is 10.5 Å². The number of aromatic nitrogens is 2. The highest BCUT2D eigenvalue weighted by Gasteiger charge is 2.32. The summed E-state index contributed by atoms with van der Waals surface area (Å²) < 4.78 is 6.60. The highest BCUT2D eigenvalue weighted by Crippen LogP contribution is 2.30. The fraction of sp³-hybridized carbons (Fsp3) is 0.211. The molecule has 1 aliphatic rings. The minimum atomic E-state index is -0.884. The standard InChI is InChI=1S/C19H18N4O6/c1-10-11-6-4-5-7-12(11)17(26)23(10)8-14(25)29-9-13(24)15-16(20)21(2)19(28)22(3)18(15)27/h4-7H,1,8-9,20H2,2-3H3. The van der Waals surface area contributed by atoms with Crippen molar-refractivity contribution in [3.05, 3.63) is 68.4 Å². The topological polar surface area (TPSA) is 134 Å². The van der Waals surface area contributed by atoms with Crippen LogP contribution in [-0.2, 0) is 23.6 Å². The summed E-state index contributed by atoms with van der Waals surface area (Å²) in [6, 6.07) is 6.77. The lowest BCUT2D eigenvalue weighted by Crippen LogP contribution is -2.42. The van der Waals surface area contributed by atoms with Gasteiger partial charge in [-0.1, -0.05) is 24.8 Å². The molecule has 2 aromatic rings. The molecule has 0 saturated carbocycles. The third-order valence-electron chi connectivity index (χ3n) is 4.68. The van der Waals surface area contributed by atoms with Gasteiger partial charge in [-0.05, 0) is 6.07 Å². The summed E-state index contributed by atoms with van der Waals surface area (Å²) >= 11 is 0. The van der Waals surface area contributed by atoms with E-state index < -0.39 is 47.6 Å². The van der Waals surface area contributed by atoms with Crippen LogP contribution in [0.25, 0.3) is 5.70 Å². The van der Waals surface area contributed by atoms with E-state index in [1.165, 1.54) is 14.1 Å². The van der Waals surface area contributed by atoms with Crippen LogP contribution in [0, 0.1) is 0 Å².